The molecule has 0 aliphatic carbocycles. The van der Waals surface area contributed by atoms with E-state index < -0.39 is 18.0 Å². The van der Waals surface area contributed by atoms with Crippen molar-refractivity contribution in [3.8, 4) is 0 Å². The smallest absolute Gasteiger partial charge is 0.361 e. The molecule has 3 N–H and O–H groups in total. The highest BCUT2D eigenvalue weighted by molar-refractivity contribution is 6.11. The number of benzene rings is 1. The van der Waals surface area contributed by atoms with Gasteiger partial charge in [-0.3, -0.25) is 14.5 Å². The fourth-order valence-electron chi connectivity index (χ4n) is 2.42. The van der Waals surface area contributed by atoms with Gasteiger partial charge in [0.05, 0.1) is 11.4 Å². The van der Waals surface area contributed by atoms with Crippen molar-refractivity contribution in [2.75, 3.05) is 22.5 Å². The summed E-state index contributed by atoms with van der Waals surface area (Å²) in [5, 5.41) is 2.68. The van der Waals surface area contributed by atoms with Gasteiger partial charge >= 0.3 is 5.97 Å². The van der Waals surface area contributed by atoms with Crippen LogP contribution in [0.1, 0.15) is 17.4 Å². The molecule has 1 aromatic heterocycles. The Morgan fingerprint density at radius 2 is 2.00 bits per heavy atom. The van der Waals surface area contributed by atoms with Crippen LogP contribution in [0.4, 0.5) is 17.2 Å². The molecule has 2 heterocycles. The molecule has 0 spiro atoms. The Morgan fingerprint density at radius 3 is 2.76 bits per heavy atom. The minimum Gasteiger partial charge on any atom is -0.448 e. The second-order valence-corrected chi connectivity index (χ2v) is 5.33. The van der Waals surface area contributed by atoms with E-state index in [-0.39, 0.29) is 24.0 Å². The van der Waals surface area contributed by atoms with Crippen molar-refractivity contribution >= 4 is 35.0 Å². The molecule has 1 aliphatic rings. The predicted molar refractivity (Wildman–Crippen MR) is 88.7 cm³/mol. The van der Waals surface area contributed by atoms with E-state index in [9.17, 15) is 14.4 Å². The van der Waals surface area contributed by atoms with Gasteiger partial charge in [0.25, 0.3) is 5.91 Å². The number of esters is 1. The molecule has 0 saturated heterocycles. The molecule has 128 valence electrons. The van der Waals surface area contributed by atoms with Crippen molar-refractivity contribution in [3.63, 3.8) is 0 Å². The van der Waals surface area contributed by atoms with Gasteiger partial charge in [-0.15, -0.1) is 0 Å². The van der Waals surface area contributed by atoms with Gasteiger partial charge in [-0.25, -0.2) is 14.8 Å². The molecule has 0 saturated carbocycles. The molecule has 0 unspecified atom stereocenters. The molecule has 3 rings (SSSR count). The van der Waals surface area contributed by atoms with E-state index in [1.165, 1.54) is 24.2 Å². The number of aromatic nitrogens is 2. The molecule has 0 radical (unpaired) electrons. The number of carbonyl (C=O) groups is 3. The van der Waals surface area contributed by atoms with E-state index in [2.05, 4.69) is 15.3 Å². The fraction of sp³-hybridized carbons (Fsp3) is 0.188. The van der Waals surface area contributed by atoms with E-state index in [0.717, 1.165) is 0 Å². The number of nitrogens with one attached hydrogen (secondary N) is 1. The van der Waals surface area contributed by atoms with Crippen LogP contribution in [0.3, 0.4) is 0 Å². The largest absolute Gasteiger partial charge is 0.448 e. The molecule has 2 amide bonds. The minimum atomic E-state index is -1.13. The third kappa shape index (κ3) is 3.25. The Balaban J connectivity index is 1.78. The summed E-state index contributed by atoms with van der Waals surface area (Å²) in [6.45, 7) is 1.26. The molecule has 1 atom stereocenters. The van der Waals surface area contributed by atoms with E-state index in [4.69, 9.17) is 10.5 Å². The summed E-state index contributed by atoms with van der Waals surface area (Å²) in [7, 11) is 0. The summed E-state index contributed by atoms with van der Waals surface area (Å²) >= 11 is 0. The lowest BCUT2D eigenvalue weighted by atomic mass is 10.1. The van der Waals surface area contributed by atoms with Crippen molar-refractivity contribution in [2.24, 2.45) is 0 Å². The van der Waals surface area contributed by atoms with Gasteiger partial charge in [-0.1, -0.05) is 12.1 Å². The first-order chi connectivity index (χ1) is 12.0. The second-order valence-electron chi connectivity index (χ2n) is 5.33. The molecule has 2 aromatic rings. The van der Waals surface area contributed by atoms with Gasteiger partial charge in [0.15, 0.2) is 17.6 Å². The van der Waals surface area contributed by atoms with Gasteiger partial charge in [0, 0.05) is 12.4 Å². The van der Waals surface area contributed by atoms with E-state index in [1.54, 1.807) is 24.3 Å². The standard InChI is InChI=1S/C16H15N5O4/c1-9(25-16(24)13-14(17)19-7-6-18-13)15(23)21-8-12(22)20-10-4-2-3-5-11(10)21/h2-7,9H,8H2,1H3,(H2,17,19)(H,20,22)/t9-/m1/s1. The number of nitrogens with two attached hydrogens (primary N) is 1. The number of para-hydroxylation sites is 2. The van der Waals surface area contributed by atoms with E-state index in [1.807, 2.05) is 0 Å². The zero-order valence-corrected chi connectivity index (χ0v) is 13.3. The van der Waals surface area contributed by atoms with Crippen LogP contribution in [-0.4, -0.2) is 40.4 Å². The number of fused-ring (bicyclic) bond motifs is 1. The van der Waals surface area contributed by atoms with Crippen molar-refractivity contribution in [1.82, 2.24) is 9.97 Å². The van der Waals surface area contributed by atoms with Crippen LogP contribution in [0.2, 0.25) is 0 Å². The molecular formula is C16H15N5O4. The first kappa shape index (κ1) is 16.4. The number of amides is 2. The summed E-state index contributed by atoms with van der Waals surface area (Å²) in [6.07, 6.45) is 1.50. The topological polar surface area (TPSA) is 128 Å². The third-order valence-electron chi connectivity index (χ3n) is 3.59. The minimum absolute atomic E-state index is 0.0881. The van der Waals surface area contributed by atoms with Crippen LogP contribution in [0.15, 0.2) is 36.7 Å². The molecular weight excluding hydrogens is 326 g/mol. The van der Waals surface area contributed by atoms with Crippen LogP contribution >= 0.6 is 0 Å². The van der Waals surface area contributed by atoms with Crippen LogP contribution in [0.25, 0.3) is 0 Å². The lowest BCUT2D eigenvalue weighted by Crippen LogP contribution is -2.47. The Labute approximate surface area is 142 Å². The maximum absolute atomic E-state index is 12.7. The second kappa shape index (κ2) is 6.56. The highest BCUT2D eigenvalue weighted by Gasteiger charge is 2.32. The monoisotopic (exact) mass is 341 g/mol. The predicted octanol–water partition coefficient (Wildman–Crippen LogP) is 0.589. The Hall–Kier alpha value is -3.49. The van der Waals surface area contributed by atoms with Crippen molar-refractivity contribution < 1.29 is 19.1 Å². The summed E-state index contributed by atoms with van der Waals surface area (Å²) in [5.41, 5.74) is 6.46. The van der Waals surface area contributed by atoms with Gasteiger partial charge < -0.3 is 15.8 Å². The van der Waals surface area contributed by atoms with Crippen LogP contribution in [-0.2, 0) is 14.3 Å². The van der Waals surface area contributed by atoms with Crippen molar-refractivity contribution in [1.29, 1.82) is 0 Å². The molecule has 9 nitrogen and oxygen atoms in total. The molecule has 0 bridgehead atoms. The van der Waals surface area contributed by atoms with Crippen LogP contribution in [0, 0.1) is 0 Å². The van der Waals surface area contributed by atoms with Gasteiger partial charge in [0.1, 0.15) is 6.54 Å². The van der Waals surface area contributed by atoms with E-state index in [0.29, 0.717) is 11.4 Å². The summed E-state index contributed by atoms with van der Waals surface area (Å²) < 4.78 is 5.14. The Morgan fingerprint density at radius 1 is 1.28 bits per heavy atom. The zero-order chi connectivity index (χ0) is 18.0. The molecule has 25 heavy (non-hydrogen) atoms. The lowest BCUT2D eigenvalue weighted by Gasteiger charge is -2.30. The first-order valence-corrected chi connectivity index (χ1v) is 7.45. The molecule has 1 aliphatic heterocycles. The Kier molecular flexibility index (Phi) is 4.29. The van der Waals surface area contributed by atoms with Gasteiger partial charge in [-0.2, -0.15) is 0 Å². The highest BCUT2D eigenvalue weighted by atomic mass is 16.5. The first-order valence-electron chi connectivity index (χ1n) is 7.45. The van der Waals surface area contributed by atoms with Gasteiger partial charge in [0.2, 0.25) is 5.91 Å². The SMILES string of the molecule is C[C@@H](OC(=O)c1nccnc1N)C(=O)N1CC(=O)Nc2ccccc21. The zero-order valence-electron chi connectivity index (χ0n) is 13.3. The maximum atomic E-state index is 12.7. The molecule has 0 fully saturated rings. The quantitative estimate of drug-likeness (QED) is 0.782. The highest BCUT2D eigenvalue weighted by Crippen LogP contribution is 2.29. The average Bonchev–Trinajstić information content (AvgIpc) is 2.60. The average molecular weight is 341 g/mol. The number of carbonyl (C=O) groups excluding carboxylic acids is 3. The number of hydrogen-bond donors (Lipinski definition) is 2. The third-order valence-corrected chi connectivity index (χ3v) is 3.59. The summed E-state index contributed by atoms with van der Waals surface area (Å²) in [4.78, 5) is 45.4. The molecule has 1 aromatic carbocycles. The van der Waals surface area contributed by atoms with Crippen LogP contribution < -0.4 is 16.0 Å². The maximum Gasteiger partial charge on any atom is 0.361 e. The van der Waals surface area contributed by atoms with Gasteiger partial charge in [-0.05, 0) is 19.1 Å². The lowest BCUT2D eigenvalue weighted by molar-refractivity contribution is -0.128. The molecule has 9 heteroatoms. The normalized spacial score (nSPS) is 14.3. The summed E-state index contributed by atoms with van der Waals surface area (Å²) in [5.74, 6) is -1.81. The number of anilines is 3. The van der Waals surface area contributed by atoms with Crippen LogP contribution in [0.5, 0.6) is 0 Å². The van der Waals surface area contributed by atoms with E-state index >= 15 is 0 Å². The number of hydrogen-bond acceptors (Lipinski definition) is 7. The Bertz CT molecular complexity index is 854. The van der Waals surface area contributed by atoms with Crippen molar-refractivity contribution in [2.45, 2.75) is 13.0 Å². The number of ether oxygens (including phenoxy) is 1. The number of nitrogen functional groups attached to an aromatic ring is 1. The van der Waals surface area contributed by atoms with Crippen molar-refractivity contribution in [3.05, 3.63) is 42.4 Å². The number of nitrogens with zero attached hydrogens (tertiary/aromatic N) is 3. The fourth-order valence-corrected chi connectivity index (χ4v) is 2.42. The summed E-state index contributed by atoms with van der Waals surface area (Å²) in [6, 6.07) is 6.87. The number of rotatable bonds is 3.